The Balaban J connectivity index is 1.92. The number of rotatable bonds is 6. The minimum atomic E-state index is -0.590. The molecule has 1 amide bonds. The summed E-state index contributed by atoms with van der Waals surface area (Å²) in [5.74, 6) is -2.06. The van der Waals surface area contributed by atoms with Crippen molar-refractivity contribution >= 4 is 33.5 Å². The summed E-state index contributed by atoms with van der Waals surface area (Å²) >= 11 is 3.14. The van der Waals surface area contributed by atoms with Gasteiger partial charge in [-0.2, -0.15) is 0 Å². The van der Waals surface area contributed by atoms with Crippen LogP contribution in [0.25, 0.3) is 0 Å². The lowest BCUT2D eigenvalue weighted by atomic mass is 9.97. The topological polar surface area (TPSA) is 55.4 Å². The monoisotopic (exact) mass is 393 g/mol. The molecule has 0 aliphatic rings. The number of halogens is 2. The van der Waals surface area contributed by atoms with Gasteiger partial charge in [0.2, 0.25) is 0 Å². The lowest BCUT2D eigenvalue weighted by molar-refractivity contribution is -0.149. The second-order valence-electron chi connectivity index (χ2n) is 5.15. The van der Waals surface area contributed by atoms with Crippen LogP contribution in [0.5, 0.6) is 0 Å². The summed E-state index contributed by atoms with van der Waals surface area (Å²) in [7, 11) is 0. The molecule has 0 aliphatic carbocycles. The average Bonchev–Trinajstić information content (AvgIpc) is 2.57. The number of carbonyl (C=O) groups excluding carboxylic acids is 2. The smallest absolute Gasteiger partial charge is 0.313 e. The van der Waals surface area contributed by atoms with Gasteiger partial charge in [-0.3, -0.25) is 9.59 Å². The summed E-state index contributed by atoms with van der Waals surface area (Å²) in [4.78, 5) is 24.0. The van der Waals surface area contributed by atoms with Crippen LogP contribution in [0.4, 0.5) is 10.1 Å². The van der Waals surface area contributed by atoms with Crippen molar-refractivity contribution in [3.05, 3.63) is 64.4 Å². The molecule has 2 rings (SSSR count). The van der Waals surface area contributed by atoms with E-state index in [0.717, 1.165) is 5.56 Å². The number of hydrogen-bond acceptors (Lipinski definition) is 3. The fourth-order valence-electron chi connectivity index (χ4n) is 2.24. The molecule has 2 aromatic rings. The zero-order valence-corrected chi connectivity index (χ0v) is 14.7. The van der Waals surface area contributed by atoms with Crippen molar-refractivity contribution in [3.63, 3.8) is 0 Å². The molecule has 0 fully saturated rings. The van der Waals surface area contributed by atoms with E-state index in [1.807, 2.05) is 37.3 Å². The summed E-state index contributed by atoms with van der Waals surface area (Å²) in [6.45, 7) is 1.41. The molecule has 0 bridgehead atoms. The molecule has 4 nitrogen and oxygen atoms in total. The highest BCUT2D eigenvalue weighted by Gasteiger charge is 2.21. The first-order valence-corrected chi connectivity index (χ1v) is 8.27. The Labute approximate surface area is 148 Å². The Bertz CT molecular complexity index is 721. The third kappa shape index (κ3) is 4.89. The number of carbonyl (C=O) groups is 2. The van der Waals surface area contributed by atoms with Gasteiger partial charge in [0.05, 0.1) is 11.6 Å². The van der Waals surface area contributed by atoms with Gasteiger partial charge in [0.15, 0.2) is 6.61 Å². The molecule has 0 spiro atoms. The quantitative estimate of drug-likeness (QED) is 0.745. The van der Waals surface area contributed by atoms with Gasteiger partial charge in [0.25, 0.3) is 5.91 Å². The van der Waals surface area contributed by atoms with E-state index in [2.05, 4.69) is 21.2 Å². The summed E-state index contributed by atoms with van der Waals surface area (Å²) in [5.41, 5.74) is 0.874. The van der Waals surface area contributed by atoms with Crippen LogP contribution in [0.15, 0.2) is 53.0 Å². The van der Waals surface area contributed by atoms with E-state index >= 15 is 0 Å². The molecule has 0 aromatic heterocycles. The van der Waals surface area contributed by atoms with Gasteiger partial charge in [-0.05, 0) is 30.2 Å². The van der Waals surface area contributed by atoms with Gasteiger partial charge in [-0.25, -0.2) is 4.39 Å². The number of anilines is 1. The van der Waals surface area contributed by atoms with E-state index in [4.69, 9.17) is 4.74 Å². The normalized spacial score (nSPS) is 11.6. The maximum atomic E-state index is 13.7. The number of nitrogens with one attached hydrogen (secondary N) is 1. The number of benzene rings is 2. The second-order valence-corrected chi connectivity index (χ2v) is 6.07. The molecule has 0 radical (unpaired) electrons. The standard InChI is InChI=1S/C18H17BrFNO3/c1-2-14(12-6-4-3-5-7-12)18(23)24-11-17(22)21-16-9-8-13(19)10-15(16)20/h3-10,14H,2,11H2,1H3,(H,21,22)/t14-/m0/s1. The van der Waals surface area contributed by atoms with Crippen LogP contribution in [-0.2, 0) is 14.3 Å². The van der Waals surface area contributed by atoms with Crippen molar-refractivity contribution in [2.45, 2.75) is 19.3 Å². The Morgan fingerprint density at radius 1 is 1.21 bits per heavy atom. The molecule has 1 N–H and O–H groups in total. The fraction of sp³-hybridized carbons (Fsp3) is 0.222. The zero-order chi connectivity index (χ0) is 17.5. The number of hydrogen-bond donors (Lipinski definition) is 1. The van der Waals surface area contributed by atoms with E-state index in [1.54, 1.807) is 6.07 Å². The first kappa shape index (κ1) is 18.1. The Hall–Kier alpha value is -2.21. The van der Waals surface area contributed by atoms with Crippen molar-refractivity contribution < 1.29 is 18.7 Å². The lowest BCUT2D eigenvalue weighted by Gasteiger charge is -2.14. The summed E-state index contributed by atoms with van der Waals surface area (Å²) in [6.07, 6.45) is 0.561. The minimum Gasteiger partial charge on any atom is -0.455 e. The lowest BCUT2D eigenvalue weighted by Crippen LogP contribution is -2.24. The molecule has 126 valence electrons. The van der Waals surface area contributed by atoms with Gasteiger partial charge in [0, 0.05) is 4.47 Å². The summed E-state index contributed by atoms with van der Waals surface area (Å²) < 4.78 is 19.3. The SMILES string of the molecule is CC[C@H](C(=O)OCC(=O)Nc1ccc(Br)cc1F)c1ccccc1. The Morgan fingerprint density at radius 3 is 2.54 bits per heavy atom. The van der Waals surface area contributed by atoms with Crippen LogP contribution < -0.4 is 5.32 Å². The molecule has 2 aromatic carbocycles. The van der Waals surface area contributed by atoms with Crippen LogP contribution in [0.3, 0.4) is 0 Å². The van der Waals surface area contributed by atoms with Gasteiger partial charge < -0.3 is 10.1 Å². The predicted octanol–water partition coefficient (Wildman–Crippen LogP) is 4.26. The van der Waals surface area contributed by atoms with Crippen molar-refractivity contribution in [1.82, 2.24) is 0 Å². The number of esters is 1. The van der Waals surface area contributed by atoms with Gasteiger partial charge in [-0.1, -0.05) is 53.2 Å². The van der Waals surface area contributed by atoms with E-state index in [9.17, 15) is 14.0 Å². The third-order valence-corrected chi connectivity index (χ3v) is 3.94. The van der Waals surface area contributed by atoms with Crippen molar-refractivity contribution in [3.8, 4) is 0 Å². The zero-order valence-electron chi connectivity index (χ0n) is 13.1. The van der Waals surface area contributed by atoms with E-state index in [1.165, 1.54) is 12.1 Å². The Morgan fingerprint density at radius 2 is 1.92 bits per heavy atom. The van der Waals surface area contributed by atoms with Crippen LogP contribution in [-0.4, -0.2) is 18.5 Å². The van der Waals surface area contributed by atoms with Crippen LogP contribution in [0.1, 0.15) is 24.8 Å². The molecule has 0 heterocycles. The maximum absolute atomic E-state index is 13.7. The first-order valence-electron chi connectivity index (χ1n) is 7.47. The van der Waals surface area contributed by atoms with Crippen molar-refractivity contribution in [2.24, 2.45) is 0 Å². The molecular weight excluding hydrogens is 377 g/mol. The highest BCUT2D eigenvalue weighted by molar-refractivity contribution is 9.10. The van der Waals surface area contributed by atoms with E-state index in [-0.39, 0.29) is 5.69 Å². The van der Waals surface area contributed by atoms with E-state index < -0.39 is 30.2 Å². The number of amides is 1. The predicted molar refractivity (Wildman–Crippen MR) is 93.2 cm³/mol. The molecule has 0 saturated heterocycles. The number of ether oxygens (including phenoxy) is 1. The molecule has 24 heavy (non-hydrogen) atoms. The maximum Gasteiger partial charge on any atom is 0.313 e. The van der Waals surface area contributed by atoms with Crippen LogP contribution >= 0.6 is 15.9 Å². The Kier molecular flexibility index (Phi) is 6.49. The largest absolute Gasteiger partial charge is 0.455 e. The van der Waals surface area contributed by atoms with Crippen LogP contribution in [0, 0.1) is 5.82 Å². The van der Waals surface area contributed by atoms with E-state index in [0.29, 0.717) is 10.9 Å². The molecule has 0 saturated carbocycles. The van der Waals surface area contributed by atoms with Crippen LogP contribution in [0.2, 0.25) is 0 Å². The van der Waals surface area contributed by atoms with Gasteiger partial charge in [-0.15, -0.1) is 0 Å². The molecule has 6 heteroatoms. The fourth-order valence-corrected chi connectivity index (χ4v) is 2.57. The van der Waals surface area contributed by atoms with Gasteiger partial charge >= 0.3 is 5.97 Å². The molecular formula is C18H17BrFNO3. The third-order valence-electron chi connectivity index (χ3n) is 3.45. The first-order chi connectivity index (χ1) is 11.5. The average molecular weight is 394 g/mol. The highest BCUT2D eigenvalue weighted by atomic mass is 79.9. The van der Waals surface area contributed by atoms with Crippen molar-refractivity contribution in [1.29, 1.82) is 0 Å². The highest BCUT2D eigenvalue weighted by Crippen LogP contribution is 2.21. The minimum absolute atomic E-state index is 0.0364. The molecule has 1 atom stereocenters. The summed E-state index contributed by atoms with van der Waals surface area (Å²) in [5, 5.41) is 2.38. The van der Waals surface area contributed by atoms with Gasteiger partial charge in [0.1, 0.15) is 5.82 Å². The van der Waals surface area contributed by atoms with Crippen molar-refractivity contribution in [2.75, 3.05) is 11.9 Å². The summed E-state index contributed by atoms with van der Waals surface area (Å²) in [6, 6.07) is 13.5. The molecule has 0 unspecified atom stereocenters. The second kappa shape index (κ2) is 8.59. The molecule has 0 aliphatic heterocycles.